The Morgan fingerprint density at radius 3 is 2.59 bits per heavy atom. The van der Waals surface area contributed by atoms with Crippen molar-refractivity contribution in [3.05, 3.63) is 57.6 Å². The van der Waals surface area contributed by atoms with Gasteiger partial charge in [-0.05, 0) is 79.8 Å². The van der Waals surface area contributed by atoms with Crippen molar-refractivity contribution in [3.8, 4) is 6.07 Å². The van der Waals surface area contributed by atoms with Gasteiger partial charge in [0.15, 0.2) is 0 Å². The van der Waals surface area contributed by atoms with Crippen LogP contribution in [0, 0.1) is 17.9 Å². The van der Waals surface area contributed by atoms with Crippen molar-refractivity contribution in [2.24, 2.45) is 0 Å². The summed E-state index contributed by atoms with van der Waals surface area (Å²) in [7, 11) is 0. The Labute approximate surface area is 161 Å². The zero-order chi connectivity index (χ0) is 18.8. The Hall–Kier alpha value is -2.56. The molecule has 27 heavy (non-hydrogen) atoms. The van der Waals surface area contributed by atoms with Gasteiger partial charge in [-0.3, -0.25) is 0 Å². The maximum Gasteiger partial charge on any atom is 0.261 e. The van der Waals surface area contributed by atoms with Gasteiger partial charge in [-0.15, -0.1) is 0 Å². The van der Waals surface area contributed by atoms with E-state index >= 15 is 0 Å². The second-order valence-electron chi connectivity index (χ2n) is 7.81. The third-order valence-electron chi connectivity index (χ3n) is 5.80. The number of allylic oxidation sites excluding steroid dienone is 1. The van der Waals surface area contributed by atoms with Gasteiger partial charge < -0.3 is 9.64 Å². The van der Waals surface area contributed by atoms with Crippen molar-refractivity contribution < 1.29 is 4.74 Å². The predicted molar refractivity (Wildman–Crippen MR) is 107 cm³/mol. The first kappa shape index (κ1) is 17.8. The standard InChI is InChI=1S/C23H25N3O/c1-16-11-20(22(15-24)25-2)14-21(27-16)8-7-17-12-18-5-3-9-26-10-4-6-19(13-17)23(18)26/h7-8,12-13,16,21H,3-6,9-11,14H2,1H3/b8-7+,22-20-. The van der Waals surface area contributed by atoms with E-state index in [0.717, 1.165) is 5.57 Å². The molecule has 0 N–H and O–H groups in total. The SMILES string of the molecule is [C-]#[N+]/C(C#N)=C1/CC(C)OC(/C=C/c2cc3c4c(c2)CCCN4CCC3)C1. The molecular weight excluding hydrogens is 334 g/mol. The normalized spacial score (nSPS) is 26.3. The molecule has 1 aromatic rings. The molecule has 1 aromatic carbocycles. The smallest absolute Gasteiger partial charge is 0.261 e. The van der Waals surface area contributed by atoms with E-state index in [-0.39, 0.29) is 17.9 Å². The van der Waals surface area contributed by atoms with Crippen molar-refractivity contribution >= 4 is 11.8 Å². The number of anilines is 1. The molecule has 0 radical (unpaired) electrons. The molecule has 138 valence electrons. The van der Waals surface area contributed by atoms with Crippen LogP contribution in [0.25, 0.3) is 10.9 Å². The van der Waals surface area contributed by atoms with Crippen LogP contribution in [0.5, 0.6) is 0 Å². The Bertz CT molecular complexity index is 837. The summed E-state index contributed by atoms with van der Waals surface area (Å²) in [5.74, 6) is 0. The topological polar surface area (TPSA) is 40.6 Å². The fourth-order valence-electron chi connectivity index (χ4n) is 4.70. The van der Waals surface area contributed by atoms with Gasteiger partial charge in [-0.25, -0.2) is 10.1 Å². The molecule has 3 aliphatic rings. The number of hydrogen-bond donors (Lipinski definition) is 0. The molecule has 0 aromatic heterocycles. The highest BCUT2D eigenvalue weighted by Crippen LogP contribution is 2.36. The van der Waals surface area contributed by atoms with Crippen LogP contribution in [0.1, 0.15) is 49.3 Å². The lowest BCUT2D eigenvalue weighted by molar-refractivity contribution is 0.00550. The van der Waals surface area contributed by atoms with Gasteiger partial charge in [-0.2, -0.15) is 0 Å². The van der Waals surface area contributed by atoms with Gasteiger partial charge >= 0.3 is 0 Å². The van der Waals surface area contributed by atoms with Crippen molar-refractivity contribution in [2.75, 3.05) is 18.0 Å². The van der Waals surface area contributed by atoms with E-state index in [1.54, 1.807) is 0 Å². The van der Waals surface area contributed by atoms with Crippen LogP contribution in [0.4, 0.5) is 5.69 Å². The number of hydrogen-bond acceptors (Lipinski definition) is 3. The van der Waals surface area contributed by atoms with Crippen molar-refractivity contribution in [1.82, 2.24) is 0 Å². The van der Waals surface area contributed by atoms with Crippen LogP contribution in [0.15, 0.2) is 29.5 Å². The summed E-state index contributed by atoms with van der Waals surface area (Å²) in [5, 5.41) is 9.17. The zero-order valence-corrected chi connectivity index (χ0v) is 15.9. The number of benzene rings is 1. The predicted octanol–water partition coefficient (Wildman–Crippen LogP) is 4.66. The number of ether oxygens (including phenoxy) is 1. The van der Waals surface area contributed by atoms with Gasteiger partial charge in [0, 0.05) is 18.8 Å². The van der Waals surface area contributed by atoms with Crippen LogP contribution < -0.4 is 4.90 Å². The molecule has 4 heteroatoms. The monoisotopic (exact) mass is 359 g/mol. The number of nitrogens with zero attached hydrogens (tertiary/aromatic N) is 3. The fourth-order valence-corrected chi connectivity index (χ4v) is 4.70. The maximum atomic E-state index is 9.17. The molecule has 4 rings (SSSR count). The van der Waals surface area contributed by atoms with Crippen LogP contribution in [0.2, 0.25) is 0 Å². The summed E-state index contributed by atoms with van der Waals surface area (Å²) in [6.45, 7) is 11.6. The first-order valence-corrected chi connectivity index (χ1v) is 9.92. The number of nitriles is 1. The number of rotatable bonds is 2. The summed E-state index contributed by atoms with van der Waals surface area (Å²) in [6, 6.07) is 6.70. The molecule has 2 unspecified atom stereocenters. The molecule has 2 atom stereocenters. The van der Waals surface area contributed by atoms with Crippen molar-refractivity contribution in [3.63, 3.8) is 0 Å². The highest BCUT2D eigenvalue weighted by molar-refractivity contribution is 5.68. The molecule has 0 bridgehead atoms. The quantitative estimate of drug-likeness (QED) is 0.569. The molecule has 3 heterocycles. The Balaban J connectivity index is 1.57. The van der Waals surface area contributed by atoms with E-state index in [1.165, 1.54) is 61.2 Å². The molecular formula is C23H25N3O. The minimum atomic E-state index is -0.0715. The second kappa shape index (κ2) is 7.59. The van der Waals surface area contributed by atoms with Gasteiger partial charge in [0.1, 0.15) is 0 Å². The molecule has 1 saturated heterocycles. The van der Waals surface area contributed by atoms with E-state index < -0.39 is 0 Å². The van der Waals surface area contributed by atoms with Gasteiger partial charge in [0.25, 0.3) is 5.70 Å². The number of aryl methyl sites for hydroxylation is 2. The minimum Gasteiger partial charge on any atom is -0.371 e. The first-order valence-electron chi connectivity index (χ1n) is 9.92. The zero-order valence-electron chi connectivity index (χ0n) is 15.9. The lowest BCUT2D eigenvalue weighted by atomic mass is 9.89. The summed E-state index contributed by atoms with van der Waals surface area (Å²) in [4.78, 5) is 5.94. The molecule has 1 fully saturated rings. The van der Waals surface area contributed by atoms with Gasteiger partial charge in [0.05, 0.1) is 24.8 Å². The molecule has 0 saturated carbocycles. The van der Waals surface area contributed by atoms with Crippen LogP contribution >= 0.6 is 0 Å². The Morgan fingerprint density at radius 1 is 1.26 bits per heavy atom. The maximum absolute atomic E-state index is 9.17. The summed E-state index contributed by atoms with van der Waals surface area (Å²) in [5.41, 5.74) is 6.87. The molecule has 0 aliphatic carbocycles. The molecule has 4 nitrogen and oxygen atoms in total. The van der Waals surface area contributed by atoms with E-state index in [9.17, 15) is 5.26 Å². The van der Waals surface area contributed by atoms with Crippen molar-refractivity contribution in [1.29, 1.82) is 5.26 Å². The Kier molecular flexibility index (Phi) is 5.01. The average Bonchev–Trinajstić information content (AvgIpc) is 2.67. The highest BCUT2D eigenvalue weighted by Gasteiger charge is 2.25. The van der Waals surface area contributed by atoms with E-state index in [2.05, 4.69) is 34.0 Å². The lowest BCUT2D eigenvalue weighted by Crippen LogP contribution is -2.34. The minimum absolute atomic E-state index is 0.0340. The largest absolute Gasteiger partial charge is 0.371 e. The summed E-state index contributed by atoms with van der Waals surface area (Å²) >= 11 is 0. The van der Waals surface area contributed by atoms with Gasteiger partial charge in [0.2, 0.25) is 0 Å². The summed E-state index contributed by atoms with van der Waals surface area (Å²) < 4.78 is 6.03. The van der Waals surface area contributed by atoms with E-state index in [1.807, 2.05) is 13.0 Å². The van der Waals surface area contributed by atoms with Gasteiger partial charge in [-0.1, -0.05) is 12.2 Å². The third-order valence-corrected chi connectivity index (χ3v) is 5.80. The highest BCUT2D eigenvalue weighted by atomic mass is 16.5. The third kappa shape index (κ3) is 3.64. The van der Waals surface area contributed by atoms with Crippen molar-refractivity contribution in [2.45, 2.75) is 57.7 Å². The molecule has 3 aliphatic heterocycles. The van der Waals surface area contributed by atoms with Crippen LogP contribution in [-0.4, -0.2) is 25.3 Å². The average molecular weight is 359 g/mol. The molecule has 0 amide bonds. The first-order chi connectivity index (χ1) is 13.2. The molecule has 0 spiro atoms. The van der Waals surface area contributed by atoms with E-state index in [0.29, 0.717) is 12.8 Å². The Morgan fingerprint density at radius 2 is 1.96 bits per heavy atom. The summed E-state index contributed by atoms with van der Waals surface area (Å²) in [6.07, 6.45) is 10.4. The second-order valence-corrected chi connectivity index (χ2v) is 7.81. The fraction of sp³-hybridized carbons (Fsp3) is 0.478. The van der Waals surface area contributed by atoms with Crippen LogP contribution in [0.3, 0.4) is 0 Å². The lowest BCUT2D eigenvalue weighted by Gasteiger charge is -2.37. The van der Waals surface area contributed by atoms with Crippen LogP contribution in [-0.2, 0) is 17.6 Å². The van der Waals surface area contributed by atoms with E-state index in [4.69, 9.17) is 11.3 Å².